The largest absolute Gasteiger partial charge is 0.496 e. The Morgan fingerprint density at radius 2 is 2.07 bits per heavy atom. The summed E-state index contributed by atoms with van der Waals surface area (Å²) in [7, 11) is 0. The number of rotatable bonds is 4. The average molecular weight is 203 g/mol. The van der Waals surface area contributed by atoms with E-state index in [0.29, 0.717) is 0 Å². The fraction of sp³-hybridized carbons (Fsp3) is 0.385. The first-order chi connectivity index (χ1) is 7.36. The molecule has 0 saturated carbocycles. The smallest absolute Gasteiger partial charge is 0.109 e. The minimum atomic E-state index is 0.0627. The molecule has 1 aliphatic heterocycles. The predicted octanol–water partition coefficient (Wildman–Crippen LogP) is 2.25. The maximum atomic E-state index is 6.03. The molecule has 0 radical (unpaired) electrons. The van der Waals surface area contributed by atoms with Crippen molar-refractivity contribution < 1.29 is 4.74 Å². The fourth-order valence-electron chi connectivity index (χ4n) is 1.80. The number of hydrogen-bond acceptors (Lipinski definition) is 2. The lowest BCUT2D eigenvalue weighted by atomic mass is 10.0. The van der Waals surface area contributed by atoms with Crippen LogP contribution in [0.3, 0.4) is 0 Å². The average Bonchev–Trinajstić information content (AvgIpc) is 2.81. The van der Waals surface area contributed by atoms with E-state index in [-0.39, 0.29) is 6.04 Å². The highest BCUT2D eigenvalue weighted by Crippen LogP contribution is 2.15. The minimum Gasteiger partial charge on any atom is -0.496 e. The summed E-state index contributed by atoms with van der Waals surface area (Å²) in [6.45, 7) is 0.800. The molecule has 0 amide bonds. The molecule has 2 rings (SSSR count). The summed E-state index contributed by atoms with van der Waals surface area (Å²) in [5.41, 5.74) is 7.37. The Hall–Kier alpha value is -1.28. The van der Waals surface area contributed by atoms with Crippen LogP contribution in [0.5, 0.6) is 0 Å². The standard InChI is InChI=1S/C13H17NO/c14-12(13-7-4-10-15-13)9-8-11-5-2-1-3-6-11/h1-3,5-7,12H,4,8-10,14H2. The third-order valence-electron chi connectivity index (χ3n) is 2.68. The summed E-state index contributed by atoms with van der Waals surface area (Å²) in [5, 5.41) is 0. The van der Waals surface area contributed by atoms with Gasteiger partial charge in [-0.05, 0) is 24.5 Å². The van der Waals surface area contributed by atoms with Gasteiger partial charge in [-0.1, -0.05) is 30.3 Å². The monoisotopic (exact) mass is 203 g/mol. The van der Waals surface area contributed by atoms with Crippen LogP contribution in [-0.4, -0.2) is 12.6 Å². The molecule has 0 fully saturated rings. The summed E-state index contributed by atoms with van der Waals surface area (Å²) in [6.07, 6.45) is 5.09. The van der Waals surface area contributed by atoms with Crippen LogP contribution in [0.1, 0.15) is 18.4 Å². The maximum absolute atomic E-state index is 6.03. The zero-order valence-corrected chi connectivity index (χ0v) is 8.86. The number of nitrogens with two attached hydrogens (primary N) is 1. The quantitative estimate of drug-likeness (QED) is 0.814. The van der Waals surface area contributed by atoms with Crippen molar-refractivity contribution in [2.24, 2.45) is 5.73 Å². The van der Waals surface area contributed by atoms with Gasteiger partial charge in [0.05, 0.1) is 12.6 Å². The van der Waals surface area contributed by atoms with Crippen LogP contribution in [0.25, 0.3) is 0 Å². The SMILES string of the molecule is NC(CCc1ccccc1)C1=CCCO1. The molecule has 80 valence electrons. The maximum Gasteiger partial charge on any atom is 0.109 e. The van der Waals surface area contributed by atoms with E-state index in [9.17, 15) is 0 Å². The van der Waals surface area contributed by atoms with E-state index >= 15 is 0 Å². The first-order valence-corrected chi connectivity index (χ1v) is 5.48. The van der Waals surface area contributed by atoms with Gasteiger partial charge in [0, 0.05) is 6.42 Å². The molecule has 1 aliphatic rings. The first kappa shape index (κ1) is 10.2. The highest BCUT2D eigenvalue weighted by molar-refractivity contribution is 5.16. The number of benzene rings is 1. The van der Waals surface area contributed by atoms with E-state index in [1.165, 1.54) is 5.56 Å². The van der Waals surface area contributed by atoms with Crippen molar-refractivity contribution in [3.63, 3.8) is 0 Å². The van der Waals surface area contributed by atoms with Crippen LogP contribution in [0.2, 0.25) is 0 Å². The lowest BCUT2D eigenvalue weighted by molar-refractivity contribution is 0.222. The molecule has 2 heteroatoms. The lowest BCUT2D eigenvalue weighted by Crippen LogP contribution is -2.23. The molecule has 2 N–H and O–H groups in total. The Balaban J connectivity index is 1.83. The van der Waals surface area contributed by atoms with Crippen LogP contribution < -0.4 is 5.73 Å². The molecule has 0 aromatic heterocycles. The molecule has 0 aliphatic carbocycles. The number of ether oxygens (including phenoxy) is 1. The predicted molar refractivity (Wildman–Crippen MR) is 61.4 cm³/mol. The van der Waals surface area contributed by atoms with Crippen LogP contribution in [-0.2, 0) is 11.2 Å². The zero-order valence-electron chi connectivity index (χ0n) is 8.86. The van der Waals surface area contributed by atoms with Gasteiger partial charge >= 0.3 is 0 Å². The summed E-state index contributed by atoms with van der Waals surface area (Å²) >= 11 is 0. The van der Waals surface area contributed by atoms with Gasteiger partial charge in [-0.15, -0.1) is 0 Å². The van der Waals surface area contributed by atoms with Crippen LogP contribution in [0.15, 0.2) is 42.2 Å². The van der Waals surface area contributed by atoms with Crippen LogP contribution in [0, 0.1) is 0 Å². The molecule has 0 saturated heterocycles. The van der Waals surface area contributed by atoms with Gasteiger partial charge in [-0.3, -0.25) is 0 Å². The van der Waals surface area contributed by atoms with Crippen molar-refractivity contribution in [1.29, 1.82) is 0 Å². The van der Waals surface area contributed by atoms with Crippen molar-refractivity contribution in [3.05, 3.63) is 47.7 Å². The third kappa shape index (κ3) is 2.83. The molecule has 0 bridgehead atoms. The molecule has 1 atom stereocenters. The molecular weight excluding hydrogens is 186 g/mol. The second-order valence-corrected chi connectivity index (χ2v) is 3.87. The summed E-state index contributed by atoms with van der Waals surface area (Å²) in [4.78, 5) is 0. The third-order valence-corrected chi connectivity index (χ3v) is 2.68. The van der Waals surface area contributed by atoms with Gasteiger partial charge in [-0.2, -0.15) is 0 Å². The Labute approximate surface area is 90.7 Å². The minimum absolute atomic E-state index is 0.0627. The van der Waals surface area contributed by atoms with Crippen molar-refractivity contribution in [1.82, 2.24) is 0 Å². The number of hydrogen-bond donors (Lipinski definition) is 1. The highest BCUT2D eigenvalue weighted by Gasteiger charge is 2.13. The molecule has 1 aromatic rings. The van der Waals surface area contributed by atoms with E-state index in [1.807, 2.05) is 6.07 Å². The Kier molecular flexibility index (Phi) is 3.41. The second kappa shape index (κ2) is 4.99. The number of aryl methyl sites for hydroxylation is 1. The van der Waals surface area contributed by atoms with Crippen molar-refractivity contribution in [3.8, 4) is 0 Å². The molecule has 1 aromatic carbocycles. The first-order valence-electron chi connectivity index (χ1n) is 5.48. The fourth-order valence-corrected chi connectivity index (χ4v) is 1.80. The lowest BCUT2D eigenvalue weighted by Gasteiger charge is -2.12. The Morgan fingerprint density at radius 1 is 1.27 bits per heavy atom. The van der Waals surface area contributed by atoms with Crippen molar-refractivity contribution in [2.45, 2.75) is 25.3 Å². The molecule has 0 spiro atoms. The molecular formula is C13H17NO. The molecule has 1 unspecified atom stereocenters. The van der Waals surface area contributed by atoms with E-state index < -0.39 is 0 Å². The second-order valence-electron chi connectivity index (χ2n) is 3.87. The molecule has 2 nitrogen and oxygen atoms in total. The van der Waals surface area contributed by atoms with Gasteiger partial charge in [-0.25, -0.2) is 0 Å². The van der Waals surface area contributed by atoms with E-state index in [0.717, 1.165) is 31.6 Å². The Morgan fingerprint density at radius 3 is 2.73 bits per heavy atom. The highest BCUT2D eigenvalue weighted by atomic mass is 16.5. The van der Waals surface area contributed by atoms with Gasteiger partial charge in [0.1, 0.15) is 5.76 Å². The molecule has 1 heterocycles. The van der Waals surface area contributed by atoms with Crippen molar-refractivity contribution in [2.75, 3.05) is 6.61 Å². The zero-order chi connectivity index (χ0) is 10.5. The van der Waals surface area contributed by atoms with Crippen molar-refractivity contribution >= 4 is 0 Å². The molecule has 15 heavy (non-hydrogen) atoms. The topological polar surface area (TPSA) is 35.2 Å². The van der Waals surface area contributed by atoms with Gasteiger partial charge < -0.3 is 10.5 Å². The summed E-state index contributed by atoms with van der Waals surface area (Å²) in [5.74, 6) is 0.978. The van der Waals surface area contributed by atoms with Gasteiger partial charge in [0.2, 0.25) is 0 Å². The summed E-state index contributed by atoms with van der Waals surface area (Å²) in [6, 6.07) is 10.5. The Bertz CT molecular complexity index is 332. The van der Waals surface area contributed by atoms with E-state index in [4.69, 9.17) is 10.5 Å². The van der Waals surface area contributed by atoms with Gasteiger partial charge in [0.15, 0.2) is 0 Å². The van der Waals surface area contributed by atoms with E-state index in [1.54, 1.807) is 0 Å². The van der Waals surface area contributed by atoms with Crippen LogP contribution >= 0.6 is 0 Å². The summed E-state index contributed by atoms with van der Waals surface area (Å²) < 4.78 is 5.44. The van der Waals surface area contributed by atoms with E-state index in [2.05, 4.69) is 30.3 Å². The van der Waals surface area contributed by atoms with Gasteiger partial charge in [0.25, 0.3) is 0 Å². The normalized spacial score (nSPS) is 17.0. The van der Waals surface area contributed by atoms with Crippen LogP contribution in [0.4, 0.5) is 0 Å².